The van der Waals surface area contributed by atoms with Gasteiger partial charge in [0, 0.05) is 55.9 Å². The third-order valence-corrected chi connectivity index (χ3v) is 6.24. The fourth-order valence-electron chi connectivity index (χ4n) is 3.78. The molecule has 4 rings (SSSR count). The molecule has 0 saturated carbocycles. The minimum atomic E-state index is -0.0248. The van der Waals surface area contributed by atoms with Crippen LogP contribution < -0.4 is 15.0 Å². The highest BCUT2D eigenvalue weighted by Gasteiger charge is 2.27. The van der Waals surface area contributed by atoms with Crippen LogP contribution in [-0.4, -0.2) is 47.0 Å². The Labute approximate surface area is 186 Å². The van der Waals surface area contributed by atoms with Gasteiger partial charge in [-0.3, -0.25) is 9.78 Å². The number of ether oxygens (including phenoxy) is 1. The fourth-order valence-corrected chi connectivity index (χ4v) is 4.50. The summed E-state index contributed by atoms with van der Waals surface area (Å²) in [6, 6.07) is 13.8. The lowest BCUT2D eigenvalue weighted by Gasteiger charge is -2.31. The monoisotopic (exact) mass is 437 g/mol. The Morgan fingerprint density at radius 3 is 3.06 bits per heavy atom. The summed E-state index contributed by atoms with van der Waals surface area (Å²) in [5.74, 6) is 1.72. The molecule has 1 atom stereocenters. The van der Waals surface area contributed by atoms with E-state index in [1.54, 1.807) is 13.3 Å². The molecule has 1 aliphatic rings. The molecule has 3 heterocycles. The molecule has 0 bridgehead atoms. The van der Waals surface area contributed by atoms with Gasteiger partial charge in [0.15, 0.2) is 0 Å². The summed E-state index contributed by atoms with van der Waals surface area (Å²) in [6.07, 6.45) is 5.07. The smallest absolute Gasteiger partial charge is 0.224 e. The number of piperidine rings is 1. The largest absolute Gasteiger partial charge is 0.497 e. The molecule has 1 fully saturated rings. The summed E-state index contributed by atoms with van der Waals surface area (Å²) in [7, 11) is 1.67. The summed E-state index contributed by atoms with van der Waals surface area (Å²) in [5.41, 5.74) is 2.11. The Balaban J connectivity index is 1.30. The van der Waals surface area contributed by atoms with Crippen LogP contribution in [0.3, 0.4) is 0 Å². The number of aromatic nitrogens is 3. The molecule has 162 valence electrons. The van der Waals surface area contributed by atoms with Crippen LogP contribution in [0.5, 0.6) is 5.75 Å². The van der Waals surface area contributed by atoms with Crippen molar-refractivity contribution < 1.29 is 9.53 Å². The van der Waals surface area contributed by atoms with Gasteiger partial charge >= 0.3 is 0 Å². The maximum atomic E-state index is 12.7. The first kappa shape index (κ1) is 21.2. The van der Waals surface area contributed by atoms with E-state index in [1.165, 1.54) is 11.5 Å². The zero-order valence-electron chi connectivity index (χ0n) is 17.7. The van der Waals surface area contributed by atoms with Gasteiger partial charge in [0.25, 0.3) is 0 Å². The van der Waals surface area contributed by atoms with Crippen LogP contribution in [0.2, 0.25) is 0 Å². The number of carbonyl (C=O) groups is 1. The quantitative estimate of drug-likeness (QED) is 0.583. The van der Waals surface area contributed by atoms with E-state index in [-0.39, 0.29) is 11.8 Å². The van der Waals surface area contributed by atoms with Gasteiger partial charge in [0.1, 0.15) is 11.6 Å². The van der Waals surface area contributed by atoms with Crippen LogP contribution in [0, 0.1) is 5.92 Å². The Morgan fingerprint density at radius 2 is 2.23 bits per heavy atom. The summed E-state index contributed by atoms with van der Waals surface area (Å²) in [5, 5.41) is 3.96. The summed E-state index contributed by atoms with van der Waals surface area (Å²) < 4.78 is 9.83. The number of hydrogen-bond donors (Lipinski definition) is 1. The number of amides is 1. The van der Waals surface area contributed by atoms with Crippen LogP contribution in [0.15, 0.2) is 48.7 Å². The molecular formula is C23H27N5O2S. The van der Waals surface area contributed by atoms with Crippen LogP contribution in [-0.2, 0) is 17.6 Å². The standard InChI is InChI=1S/C23H27N5O2S/c1-30-20-9-4-6-17(14-20)15-21-26-23(31-27-21)28-13-5-7-18(16-28)22(29)25-12-10-19-8-2-3-11-24-19/h2-4,6,8-9,11,14,18H,5,7,10,12-13,15-16H2,1H3,(H,25,29). The molecular weight excluding hydrogens is 410 g/mol. The molecule has 1 N–H and O–H groups in total. The highest BCUT2D eigenvalue weighted by atomic mass is 32.1. The van der Waals surface area contributed by atoms with E-state index >= 15 is 0 Å². The second-order valence-electron chi connectivity index (χ2n) is 7.67. The fraction of sp³-hybridized carbons (Fsp3) is 0.391. The number of benzene rings is 1. The number of pyridine rings is 1. The molecule has 1 amide bonds. The van der Waals surface area contributed by atoms with Crippen molar-refractivity contribution in [2.45, 2.75) is 25.7 Å². The molecule has 1 unspecified atom stereocenters. The Bertz CT molecular complexity index is 994. The van der Waals surface area contributed by atoms with Crippen molar-refractivity contribution in [3.05, 3.63) is 65.7 Å². The van der Waals surface area contributed by atoms with Gasteiger partial charge in [-0.25, -0.2) is 4.98 Å². The number of carbonyl (C=O) groups excluding carboxylic acids is 1. The Morgan fingerprint density at radius 1 is 1.29 bits per heavy atom. The maximum absolute atomic E-state index is 12.7. The molecule has 1 aliphatic heterocycles. The highest BCUT2D eigenvalue weighted by molar-refractivity contribution is 7.09. The van der Waals surface area contributed by atoms with Crippen molar-refractivity contribution in [1.82, 2.24) is 19.7 Å². The maximum Gasteiger partial charge on any atom is 0.224 e. The normalized spacial score (nSPS) is 16.2. The minimum Gasteiger partial charge on any atom is -0.497 e. The SMILES string of the molecule is COc1cccc(Cc2nsc(N3CCCC(C(=O)NCCc4ccccn4)C3)n2)c1. The van der Waals surface area contributed by atoms with Crippen molar-refractivity contribution >= 4 is 22.6 Å². The molecule has 0 aliphatic carbocycles. The van der Waals surface area contributed by atoms with Gasteiger partial charge in [-0.05, 0) is 42.7 Å². The molecule has 31 heavy (non-hydrogen) atoms. The van der Waals surface area contributed by atoms with E-state index < -0.39 is 0 Å². The second kappa shape index (κ2) is 10.3. The molecule has 1 aromatic carbocycles. The van der Waals surface area contributed by atoms with E-state index in [9.17, 15) is 4.79 Å². The van der Waals surface area contributed by atoms with Crippen molar-refractivity contribution in [2.75, 3.05) is 31.6 Å². The number of nitrogens with zero attached hydrogens (tertiary/aromatic N) is 4. The zero-order chi connectivity index (χ0) is 21.5. The second-order valence-corrected chi connectivity index (χ2v) is 8.40. The van der Waals surface area contributed by atoms with Crippen molar-refractivity contribution in [2.24, 2.45) is 5.92 Å². The third kappa shape index (κ3) is 5.79. The van der Waals surface area contributed by atoms with Gasteiger partial charge in [-0.15, -0.1) is 0 Å². The van der Waals surface area contributed by atoms with Gasteiger partial charge in [-0.1, -0.05) is 18.2 Å². The summed E-state index contributed by atoms with van der Waals surface area (Å²) in [6.45, 7) is 2.20. The number of hydrogen-bond acceptors (Lipinski definition) is 7. The molecule has 8 heteroatoms. The van der Waals surface area contributed by atoms with Crippen LogP contribution in [0.1, 0.15) is 29.9 Å². The topological polar surface area (TPSA) is 80.2 Å². The number of methoxy groups -OCH3 is 1. The van der Waals surface area contributed by atoms with E-state index in [1.807, 2.05) is 36.4 Å². The summed E-state index contributed by atoms with van der Waals surface area (Å²) >= 11 is 1.41. The average molecular weight is 438 g/mol. The molecule has 3 aromatic rings. The lowest BCUT2D eigenvalue weighted by molar-refractivity contribution is -0.125. The van der Waals surface area contributed by atoms with E-state index in [2.05, 4.69) is 25.6 Å². The van der Waals surface area contributed by atoms with Crippen molar-refractivity contribution in [3.8, 4) is 5.75 Å². The van der Waals surface area contributed by atoms with E-state index in [0.29, 0.717) is 19.5 Å². The number of nitrogens with one attached hydrogen (secondary N) is 1. The lowest BCUT2D eigenvalue weighted by Crippen LogP contribution is -2.43. The number of rotatable bonds is 8. The molecule has 1 saturated heterocycles. The van der Waals surface area contributed by atoms with Crippen LogP contribution >= 0.6 is 11.5 Å². The first-order valence-corrected chi connectivity index (χ1v) is 11.4. The minimum absolute atomic E-state index is 0.0248. The lowest BCUT2D eigenvalue weighted by atomic mass is 9.97. The molecule has 0 spiro atoms. The zero-order valence-corrected chi connectivity index (χ0v) is 18.5. The first-order valence-electron chi connectivity index (χ1n) is 10.6. The van der Waals surface area contributed by atoms with Gasteiger partial charge in [0.2, 0.25) is 11.0 Å². The number of anilines is 1. The molecule has 0 radical (unpaired) electrons. The van der Waals surface area contributed by atoms with Crippen LogP contribution in [0.4, 0.5) is 5.13 Å². The predicted molar refractivity (Wildman–Crippen MR) is 122 cm³/mol. The van der Waals surface area contributed by atoms with Crippen molar-refractivity contribution in [3.63, 3.8) is 0 Å². The summed E-state index contributed by atoms with van der Waals surface area (Å²) in [4.78, 5) is 23.9. The molecule has 7 nitrogen and oxygen atoms in total. The van der Waals surface area contributed by atoms with Crippen LogP contribution in [0.25, 0.3) is 0 Å². The first-order chi connectivity index (χ1) is 15.2. The third-order valence-electron chi connectivity index (χ3n) is 5.42. The van der Waals surface area contributed by atoms with Gasteiger partial charge in [-0.2, -0.15) is 4.37 Å². The Hall–Kier alpha value is -3.00. The molecule has 2 aromatic heterocycles. The highest BCUT2D eigenvalue weighted by Crippen LogP contribution is 2.26. The van der Waals surface area contributed by atoms with Crippen molar-refractivity contribution in [1.29, 1.82) is 0 Å². The van der Waals surface area contributed by atoms with Gasteiger partial charge in [0.05, 0.1) is 13.0 Å². The van der Waals surface area contributed by atoms with E-state index in [4.69, 9.17) is 9.72 Å². The van der Waals surface area contributed by atoms with E-state index in [0.717, 1.165) is 53.8 Å². The van der Waals surface area contributed by atoms with Gasteiger partial charge < -0.3 is 15.0 Å². The predicted octanol–water partition coefficient (Wildman–Crippen LogP) is 3.11. The average Bonchev–Trinajstić information content (AvgIpc) is 3.28. The Kier molecular flexibility index (Phi) is 7.09.